The quantitative estimate of drug-likeness (QED) is 0.583. The summed E-state index contributed by atoms with van der Waals surface area (Å²) in [6.45, 7) is 4.04. The number of ether oxygens (including phenoxy) is 1. The molecule has 3 rings (SSSR count). The molecule has 2 N–H and O–H groups in total. The highest BCUT2D eigenvalue weighted by Gasteiger charge is 2.33. The maximum Gasteiger partial charge on any atom is 0.408 e. The SMILES string of the molecule is CC(C)C(NC(=O)OCc1ccccc1)C(=O)CC1Cc2ccnc(n2)CCCCNC(=O)C1=O. The van der Waals surface area contributed by atoms with E-state index in [4.69, 9.17) is 4.74 Å². The summed E-state index contributed by atoms with van der Waals surface area (Å²) in [5, 5.41) is 5.28. The fourth-order valence-corrected chi connectivity index (χ4v) is 3.95. The van der Waals surface area contributed by atoms with Crippen molar-refractivity contribution in [2.24, 2.45) is 11.8 Å². The number of nitrogens with zero attached hydrogens (tertiary/aromatic N) is 2. The van der Waals surface area contributed by atoms with Crippen LogP contribution in [0, 0.1) is 11.8 Å². The molecule has 0 spiro atoms. The normalized spacial score (nSPS) is 17.5. The Morgan fingerprint density at radius 2 is 1.91 bits per heavy atom. The number of fused-ring (bicyclic) bond motifs is 2. The molecule has 2 atom stereocenters. The Bertz CT molecular complexity index is 1040. The number of benzene rings is 1. The third kappa shape index (κ3) is 7.98. The van der Waals surface area contributed by atoms with Crippen LogP contribution in [0.15, 0.2) is 42.6 Å². The van der Waals surface area contributed by atoms with Crippen LogP contribution in [0.25, 0.3) is 0 Å². The largest absolute Gasteiger partial charge is 0.445 e. The smallest absolute Gasteiger partial charge is 0.408 e. The van der Waals surface area contributed by atoms with Crippen molar-refractivity contribution in [1.82, 2.24) is 20.6 Å². The van der Waals surface area contributed by atoms with Gasteiger partial charge in [-0.25, -0.2) is 14.8 Å². The minimum atomic E-state index is -0.895. The number of hydrogen-bond acceptors (Lipinski definition) is 7. The fourth-order valence-electron chi connectivity index (χ4n) is 3.95. The van der Waals surface area contributed by atoms with Gasteiger partial charge >= 0.3 is 6.09 Å². The first-order valence-electron chi connectivity index (χ1n) is 12.0. The Hall–Kier alpha value is -3.62. The zero-order valence-electron chi connectivity index (χ0n) is 20.2. The molecule has 9 nitrogen and oxygen atoms in total. The molecule has 0 radical (unpaired) electrons. The molecular weight excluding hydrogens is 448 g/mol. The van der Waals surface area contributed by atoms with E-state index in [1.165, 1.54) is 0 Å². The van der Waals surface area contributed by atoms with Crippen molar-refractivity contribution < 1.29 is 23.9 Å². The van der Waals surface area contributed by atoms with Gasteiger partial charge in [0.05, 0.1) is 6.04 Å². The van der Waals surface area contributed by atoms with Gasteiger partial charge in [0.25, 0.3) is 5.91 Å². The van der Waals surface area contributed by atoms with Gasteiger partial charge in [-0.2, -0.15) is 0 Å². The summed E-state index contributed by atoms with van der Waals surface area (Å²) in [7, 11) is 0. The number of carbonyl (C=O) groups excluding carboxylic acids is 4. The summed E-state index contributed by atoms with van der Waals surface area (Å²) in [5.41, 5.74) is 1.43. The van der Waals surface area contributed by atoms with Crippen molar-refractivity contribution in [1.29, 1.82) is 0 Å². The van der Waals surface area contributed by atoms with Crippen molar-refractivity contribution in [3.8, 4) is 0 Å². The molecule has 2 heterocycles. The number of nitrogens with one attached hydrogen (secondary N) is 2. The van der Waals surface area contributed by atoms with E-state index < -0.39 is 29.7 Å². The molecular formula is C26H32N4O5. The lowest BCUT2D eigenvalue weighted by molar-refractivity contribution is -0.141. The summed E-state index contributed by atoms with van der Waals surface area (Å²) in [6.07, 6.45) is 3.01. The van der Waals surface area contributed by atoms with Crippen LogP contribution in [0.2, 0.25) is 0 Å². The molecule has 186 valence electrons. The lowest BCUT2D eigenvalue weighted by Gasteiger charge is -2.23. The second kappa shape index (κ2) is 12.7. The molecule has 1 aliphatic heterocycles. The van der Waals surface area contributed by atoms with Gasteiger partial charge in [-0.15, -0.1) is 0 Å². The van der Waals surface area contributed by atoms with E-state index in [0.717, 1.165) is 12.0 Å². The molecule has 1 aliphatic rings. The molecule has 9 heteroatoms. The zero-order valence-corrected chi connectivity index (χ0v) is 20.2. The van der Waals surface area contributed by atoms with Gasteiger partial charge in [0.1, 0.15) is 12.4 Å². The topological polar surface area (TPSA) is 127 Å². The summed E-state index contributed by atoms with van der Waals surface area (Å²) in [5.74, 6) is -2.16. The summed E-state index contributed by atoms with van der Waals surface area (Å²) in [6, 6.07) is 10.0. The first-order chi connectivity index (χ1) is 16.8. The standard InChI is InChI=1S/C26H32N4O5/c1-17(2)23(30-26(34)35-16-18-8-4-3-5-9-18)21(31)15-19-14-20-11-13-27-22(29-20)10-6-7-12-28-25(33)24(19)32/h3-5,8-9,11,13,17,19,23H,6-7,10,12,14-16H2,1-2H3,(H,28,33)(H,30,34). The fraction of sp³-hybridized carbons (Fsp3) is 0.462. The lowest BCUT2D eigenvalue weighted by Crippen LogP contribution is -2.46. The number of ketones is 2. The second-order valence-corrected chi connectivity index (χ2v) is 9.04. The third-order valence-electron chi connectivity index (χ3n) is 5.87. The van der Waals surface area contributed by atoms with Crippen LogP contribution >= 0.6 is 0 Å². The summed E-state index contributed by atoms with van der Waals surface area (Å²) in [4.78, 5) is 59.8. The van der Waals surface area contributed by atoms with Gasteiger partial charge in [0, 0.05) is 43.6 Å². The van der Waals surface area contributed by atoms with E-state index in [1.54, 1.807) is 26.1 Å². The Morgan fingerprint density at radius 1 is 1.14 bits per heavy atom. The number of alkyl carbamates (subject to hydrolysis) is 1. The van der Waals surface area contributed by atoms with E-state index in [0.29, 0.717) is 30.9 Å². The molecule has 0 aliphatic carbocycles. The molecule has 1 aromatic carbocycles. The number of aromatic nitrogens is 2. The van der Waals surface area contributed by atoms with Crippen LogP contribution in [0.1, 0.15) is 50.2 Å². The minimum Gasteiger partial charge on any atom is -0.445 e. The highest BCUT2D eigenvalue weighted by molar-refractivity contribution is 6.37. The van der Waals surface area contributed by atoms with E-state index in [2.05, 4.69) is 20.6 Å². The van der Waals surface area contributed by atoms with Crippen LogP contribution < -0.4 is 10.6 Å². The summed E-state index contributed by atoms with van der Waals surface area (Å²) >= 11 is 0. The molecule has 0 saturated heterocycles. The van der Waals surface area contributed by atoms with Gasteiger partial charge < -0.3 is 15.4 Å². The van der Waals surface area contributed by atoms with Crippen molar-refractivity contribution >= 4 is 23.6 Å². The van der Waals surface area contributed by atoms with Crippen LogP contribution in [0.5, 0.6) is 0 Å². The molecule has 0 fully saturated rings. The van der Waals surface area contributed by atoms with Gasteiger partial charge in [0.15, 0.2) is 5.78 Å². The second-order valence-electron chi connectivity index (χ2n) is 9.04. The average molecular weight is 481 g/mol. The number of aryl methyl sites for hydroxylation is 1. The van der Waals surface area contributed by atoms with Gasteiger partial charge in [0.2, 0.25) is 5.78 Å². The first kappa shape index (κ1) is 26.0. The maximum atomic E-state index is 13.2. The van der Waals surface area contributed by atoms with Crippen molar-refractivity contribution in [2.45, 2.75) is 58.6 Å². The van der Waals surface area contributed by atoms with E-state index >= 15 is 0 Å². The lowest BCUT2D eigenvalue weighted by atomic mass is 9.87. The van der Waals surface area contributed by atoms with Gasteiger partial charge in [-0.3, -0.25) is 14.4 Å². The number of carbonyl (C=O) groups is 4. The minimum absolute atomic E-state index is 0.0724. The first-order valence-corrected chi connectivity index (χ1v) is 12.0. The van der Waals surface area contributed by atoms with Crippen molar-refractivity contribution in [2.75, 3.05) is 6.54 Å². The molecule has 1 aromatic heterocycles. The summed E-state index contributed by atoms with van der Waals surface area (Å²) < 4.78 is 5.26. The van der Waals surface area contributed by atoms with Gasteiger partial charge in [-0.1, -0.05) is 44.2 Å². The predicted molar refractivity (Wildman–Crippen MR) is 128 cm³/mol. The number of amides is 2. The Kier molecular flexibility index (Phi) is 9.46. The van der Waals surface area contributed by atoms with Crippen LogP contribution in [0.3, 0.4) is 0 Å². The Labute approximate surface area is 205 Å². The van der Waals surface area contributed by atoms with E-state index in [9.17, 15) is 19.2 Å². The van der Waals surface area contributed by atoms with Crippen LogP contribution in [-0.4, -0.2) is 46.1 Å². The average Bonchev–Trinajstić information content (AvgIpc) is 2.85. The Morgan fingerprint density at radius 3 is 2.66 bits per heavy atom. The van der Waals surface area contributed by atoms with Gasteiger partial charge in [-0.05, 0) is 30.4 Å². The number of rotatable bonds is 7. The molecule has 0 saturated carbocycles. The highest BCUT2D eigenvalue weighted by Crippen LogP contribution is 2.18. The predicted octanol–water partition coefficient (Wildman–Crippen LogP) is 2.57. The van der Waals surface area contributed by atoms with Crippen LogP contribution in [-0.2, 0) is 38.6 Å². The third-order valence-corrected chi connectivity index (χ3v) is 5.87. The monoisotopic (exact) mass is 480 g/mol. The number of Topliss-reactive ketones (excluding diaryl/α,β-unsaturated/α-hetero) is 2. The van der Waals surface area contributed by atoms with Crippen LogP contribution in [0.4, 0.5) is 4.79 Å². The molecule has 35 heavy (non-hydrogen) atoms. The van der Waals surface area contributed by atoms with E-state index in [1.807, 2.05) is 30.3 Å². The van der Waals surface area contributed by atoms with Crippen molar-refractivity contribution in [3.63, 3.8) is 0 Å². The maximum absolute atomic E-state index is 13.2. The molecule has 2 bridgehead atoms. The molecule has 2 unspecified atom stereocenters. The Balaban J connectivity index is 1.70. The van der Waals surface area contributed by atoms with Crippen molar-refractivity contribution in [3.05, 3.63) is 59.7 Å². The zero-order chi connectivity index (χ0) is 25.2. The molecule has 2 amide bonds. The highest BCUT2D eigenvalue weighted by atomic mass is 16.5. The molecule has 2 aromatic rings. The van der Waals surface area contributed by atoms with E-state index in [-0.39, 0.29) is 31.1 Å². The number of hydrogen-bond donors (Lipinski definition) is 2.